The van der Waals surface area contributed by atoms with E-state index in [1.165, 1.54) is 6.92 Å². The summed E-state index contributed by atoms with van der Waals surface area (Å²) in [7, 11) is 0. The number of alkyl halides is 4. The van der Waals surface area contributed by atoms with Crippen LogP contribution in [-0.2, 0) is 19.1 Å². The molecule has 1 saturated heterocycles. The average Bonchev–Trinajstić information content (AvgIpc) is 2.98. The van der Waals surface area contributed by atoms with Gasteiger partial charge in [-0.2, -0.15) is 0 Å². The lowest BCUT2D eigenvalue weighted by Crippen LogP contribution is -2.44. The summed E-state index contributed by atoms with van der Waals surface area (Å²) in [5.41, 5.74) is 0. The van der Waals surface area contributed by atoms with E-state index in [0.717, 1.165) is 4.90 Å². The van der Waals surface area contributed by atoms with Gasteiger partial charge in [-0.05, 0) is 24.7 Å². The molecule has 1 heterocycles. The van der Waals surface area contributed by atoms with Crippen molar-refractivity contribution in [2.45, 2.75) is 33.8 Å². The fraction of sp³-hybridized carbons (Fsp3) is 0.706. The number of allylic oxidation sites excluding steroid dienone is 2. The number of nitrogens with zero attached hydrogens (tertiary/aromatic N) is 1. The highest BCUT2D eigenvalue weighted by atomic mass is 35.5. The second kappa shape index (κ2) is 6.54. The number of amides is 2. The Morgan fingerprint density at radius 3 is 1.82 bits per heavy atom. The second-order valence-electron chi connectivity index (χ2n) is 7.69. The minimum Gasteiger partial charge on any atom is -0.464 e. The van der Waals surface area contributed by atoms with Gasteiger partial charge >= 0.3 is 5.97 Å². The third kappa shape index (κ3) is 2.32. The standard InChI is InChI=1S/C17H15Cl6NO4/c1-6(25)28-3-2-24-13(26)7-4-9-10(5-8(7)14(24)27)16(21)12(19)11(18)15(9,20)17(16,22)23/h7-10H,2-5H2,1H3/t7-,8+,9-,10-,15-,16-/m1/s1. The van der Waals surface area contributed by atoms with Crippen molar-refractivity contribution in [3.8, 4) is 0 Å². The zero-order chi connectivity index (χ0) is 20.8. The van der Waals surface area contributed by atoms with Crippen LogP contribution >= 0.6 is 69.6 Å². The SMILES string of the molecule is CC(=O)OCCN1C(=O)[C@H]2C[C@@H]3[C@@H](C[C@H]2C1=O)[C@@]1(Cl)C(Cl)=C(Cl)[C@@]3(Cl)C1(Cl)Cl. The number of imide groups is 1. The first kappa shape index (κ1) is 21.3. The average molecular weight is 510 g/mol. The molecule has 1 aliphatic heterocycles. The van der Waals surface area contributed by atoms with E-state index in [9.17, 15) is 14.4 Å². The van der Waals surface area contributed by atoms with Gasteiger partial charge in [-0.25, -0.2) is 0 Å². The molecule has 4 rings (SSSR count). The number of hydrogen-bond acceptors (Lipinski definition) is 4. The van der Waals surface area contributed by atoms with Crippen LogP contribution in [0.1, 0.15) is 19.8 Å². The Bertz CT molecular complexity index is 776. The van der Waals surface area contributed by atoms with Crippen molar-refractivity contribution in [3.05, 3.63) is 10.1 Å². The number of esters is 1. The van der Waals surface area contributed by atoms with Crippen molar-refractivity contribution in [1.29, 1.82) is 0 Å². The van der Waals surface area contributed by atoms with Gasteiger partial charge < -0.3 is 4.74 Å². The van der Waals surface area contributed by atoms with Gasteiger partial charge in [0.2, 0.25) is 11.8 Å². The Balaban J connectivity index is 1.64. The molecule has 2 bridgehead atoms. The molecule has 11 heteroatoms. The van der Waals surface area contributed by atoms with Crippen LogP contribution < -0.4 is 0 Å². The van der Waals surface area contributed by atoms with Crippen LogP contribution in [0.5, 0.6) is 0 Å². The predicted octanol–water partition coefficient (Wildman–Crippen LogP) is 4.02. The normalized spacial score (nSPS) is 43.5. The van der Waals surface area contributed by atoms with E-state index < -0.39 is 43.7 Å². The molecule has 6 atom stereocenters. The molecule has 3 fully saturated rings. The molecule has 0 aromatic carbocycles. The zero-order valence-electron chi connectivity index (χ0n) is 14.5. The number of likely N-dealkylation sites (tertiary alicyclic amines) is 1. The minimum atomic E-state index is -1.67. The van der Waals surface area contributed by atoms with Crippen LogP contribution in [0.25, 0.3) is 0 Å². The summed E-state index contributed by atoms with van der Waals surface area (Å²) in [6.07, 6.45) is 0.535. The quantitative estimate of drug-likeness (QED) is 0.327. The molecule has 0 unspecified atom stereocenters. The third-order valence-corrected chi connectivity index (χ3v) is 10.9. The van der Waals surface area contributed by atoms with E-state index in [0.29, 0.717) is 0 Å². The summed E-state index contributed by atoms with van der Waals surface area (Å²) in [6.45, 7) is 1.21. The molecule has 4 aliphatic rings. The maximum absolute atomic E-state index is 12.9. The van der Waals surface area contributed by atoms with Gasteiger partial charge in [0.1, 0.15) is 16.4 Å². The molecule has 2 amide bonds. The Morgan fingerprint density at radius 2 is 1.43 bits per heavy atom. The molecule has 0 N–H and O–H groups in total. The molecule has 2 saturated carbocycles. The number of ether oxygens (including phenoxy) is 1. The Kier molecular flexibility index (Phi) is 4.98. The summed E-state index contributed by atoms with van der Waals surface area (Å²) < 4.78 is 3.18. The number of fused-ring (bicyclic) bond motifs is 6. The van der Waals surface area contributed by atoms with Gasteiger partial charge in [-0.15, -0.1) is 23.2 Å². The number of halogens is 6. The van der Waals surface area contributed by atoms with Gasteiger partial charge in [0.15, 0.2) is 4.33 Å². The third-order valence-electron chi connectivity index (χ3n) is 6.54. The van der Waals surface area contributed by atoms with Gasteiger partial charge in [-0.3, -0.25) is 19.3 Å². The van der Waals surface area contributed by atoms with Crippen molar-refractivity contribution in [1.82, 2.24) is 4.90 Å². The fourth-order valence-corrected chi connectivity index (χ4v) is 8.40. The first-order chi connectivity index (χ1) is 12.9. The Hall–Kier alpha value is 0.0900. The summed E-state index contributed by atoms with van der Waals surface area (Å²) in [5.74, 6) is -3.11. The smallest absolute Gasteiger partial charge is 0.302 e. The Morgan fingerprint density at radius 1 is 1.00 bits per heavy atom. The van der Waals surface area contributed by atoms with Crippen molar-refractivity contribution in [2.75, 3.05) is 13.2 Å². The summed E-state index contributed by atoms with van der Waals surface area (Å²) in [5, 5.41) is 0.193. The van der Waals surface area contributed by atoms with Crippen molar-refractivity contribution >= 4 is 87.4 Å². The summed E-state index contributed by atoms with van der Waals surface area (Å²) in [4.78, 5) is 34.9. The largest absolute Gasteiger partial charge is 0.464 e. The van der Waals surface area contributed by atoms with Crippen LogP contribution in [0.4, 0.5) is 0 Å². The first-order valence-electron chi connectivity index (χ1n) is 8.71. The maximum Gasteiger partial charge on any atom is 0.302 e. The molecule has 0 radical (unpaired) electrons. The summed E-state index contributed by atoms with van der Waals surface area (Å²) >= 11 is 39.6. The number of rotatable bonds is 3. The molecule has 0 aromatic heterocycles. The lowest BCUT2D eigenvalue weighted by atomic mass is 9.65. The van der Waals surface area contributed by atoms with E-state index >= 15 is 0 Å². The van der Waals surface area contributed by atoms with E-state index in [1.807, 2.05) is 0 Å². The highest BCUT2D eigenvalue weighted by Crippen LogP contribution is 2.79. The van der Waals surface area contributed by atoms with Crippen LogP contribution in [-0.4, -0.2) is 49.9 Å². The van der Waals surface area contributed by atoms with Gasteiger partial charge in [-0.1, -0.05) is 46.4 Å². The van der Waals surface area contributed by atoms with E-state index in [4.69, 9.17) is 74.3 Å². The fourth-order valence-electron chi connectivity index (χ4n) is 5.29. The van der Waals surface area contributed by atoms with Crippen molar-refractivity contribution in [2.24, 2.45) is 23.7 Å². The van der Waals surface area contributed by atoms with E-state index in [-0.39, 0.29) is 47.9 Å². The highest BCUT2D eigenvalue weighted by molar-refractivity contribution is 6.65. The molecule has 0 spiro atoms. The Labute approximate surface area is 191 Å². The van der Waals surface area contributed by atoms with Crippen molar-refractivity contribution < 1.29 is 19.1 Å². The summed E-state index contributed by atoms with van der Waals surface area (Å²) in [6, 6.07) is 0. The molecule has 154 valence electrons. The van der Waals surface area contributed by atoms with Crippen LogP contribution in [0.2, 0.25) is 0 Å². The monoisotopic (exact) mass is 507 g/mol. The highest BCUT2D eigenvalue weighted by Gasteiger charge is 2.83. The molecule has 0 aromatic rings. The molecule has 3 aliphatic carbocycles. The van der Waals surface area contributed by atoms with Crippen molar-refractivity contribution in [3.63, 3.8) is 0 Å². The van der Waals surface area contributed by atoms with Crippen LogP contribution in [0, 0.1) is 23.7 Å². The predicted molar refractivity (Wildman–Crippen MR) is 107 cm³/mol. The molecular weight excluding hydrogens is 495 g/mol. The van der Waals surface area contributed by atoms with Gasteiger partial charge in [0.05, 0.1) is 28.4 Å². The van der Waals surface area contributed by atoms with Crippen LogP contribution in [0.3, 0.4) is 0 Å². The minimum absolute atomic E-state index is 0.00628. The van der Waals surface area contributed by atoms with E-state index in [1.54, 1.807) is 0 Å². The lowest BCUT2D eigenvalue weighted by Gasteiger charge is -2.42. The maximum atomic E-state index is 12.9. The first-order valence-corrected chi connectivity index (χ1v) is 11.0. The molecular formula is C17H15Cl6NO4. The van der Waals surface area contributed by atoms with Crippen LogP contribution in [0.15, 0.2) is 10.1 Å². The topological polar surface area (TPSA) is 63.7 Å². The number of hydrogen-bond donors (Lipinski definition) is 0. The van der Waals surface area contributed by atoms with E-state index in [2.05, 4.69) is 0 Å². The van der Waals surface area contributed by atoms with Gasteiger partial charge in [0, 0.05) is 6.92 Å². The lowest BCUT2D eigenvalue weighted by molar-refractivity contribution is -0.147. The number of carbonyl (C=O) groups is 3. The van der Waals surface area contributed by atoms with Gasteiger partial charge in [0.25, 0.3) is 0 Å². The molecule has 5 nitrogen and oxygen atoms in total. The zero-order valence-corrected chi connectivity index (χ0v) is 19.0. The number of carbonyl (C=O) groups excluding carboxylic acids is 3. The molecule has 28 heavy (non-hydrogen) atoms. The second-order valence-corrected chi connectivity index (χ2v) is 11.0.